The van der Waals surface area contributed by atoms with Gasteiger partial charge in [0.25, 0.3) is 0 Å². The minimum atomic E-state index is -0.371. The summed E-state index contributed by atoms with van der Waals surface area (Å²) in [5.74, 6) is 0.912. The molecule has 1 heterocycles. The summed E-state index contributed by atoms with van der Waals surface area (Å²) in [7, 11) is 0. The van der Waals surface area contributed by atoms with E-state index in [0.29, 0.717) is 5.69 Å². The number of rotatable bonds is 3. The maximum atomic E-state index is 13.1. The van der Waals surface area contributed by atoms with E-state index in [2.05, 4.69) is 19.2 Å². The summed E-state index contributed by atoms with van der Waals surface area (Å²) in [6, 6.07) is 15.6. The lowest BCUT2D eigenvalue weighted by molar-refractivity contribution is -0.124. The summed E-state index contributed by atoms with van der Waals surface area (Å²) in [5, 5.41) is 3.28. The van der Waals surface area contributed by atoms with Crippen LogP contribution in [0.5, 0.6) is 5.75 Å². The molecule has 4 heteroatoms. The molecule has 0 radical (unpaired) electrons. The van der Waals surface area contributed by atoms with Crippen LogP contribution in [0.15, 0.2) is 48.5 Å². The lowest BCUT2D eigenvalue weighted by Crippen LogP contribution is -2.44. The van der Waals surface area contributed by atoms with Crippen LogP contribution in [0.25, 0.3) is 0 Å². The van der Waals surface area contributed by atoms with Crippen LogP contribution in [-0.2, 0) is 10.2 Å². The molecule has 0 bridgehead atoms. The number of hydrogen-bond acceptors (Lipinski definition) is 3. The summed E-state index contributed by atoms with van der Waals surface area (Å²) in [6.07, 6.45) is 2.53. The quantitative estimate of drug-likeness (QED) is 0.840. The second-order valence-corrected chi connectivity index (χ2v) is 7.84. The molecule has 4 rings (SSSR count). The highest BCUT2D eigenvalue weighted by Gasteiger charge is 2.52. The Bertz CT molecular complexity index is 810. The van der Waals surface area contributed by atoms with Gasteiger partial charge in [-0.1, -0.05) is 30.3 Å². The number of hydrogen-bond donors (Lipinski definition) is 2. The second-order valence-electron chi connectivity index (χ2n) is 7.84. The second kappa shape index (κ2) is 5.51. The highest BCUT2D eigenvalue weighted by Crippen LogP contribution is 2.49. The third kappa shape index (κ3) is 2.86. The first-order valence-electron chi connectivity index (χ1n) is 8.85. The van der Waals surface area contributed by atoms with E-state index in [1.165, 1.54) is 0 Å². The van der Waals surface area contributed by atoms with Crippen molar-refractivity contribution in [3.63, 3.8) is 0 Å². The minimum Gasteiger partial charge on any atom is -0.487 e. The summed E-state index contributed by atoms with van der Waals surface area (Å²) in [6.45, 7) is 4.10. The van der Waals surface area contributed by atoms with Crippen molar-refractivity contribution in [2.24, 2.45) is 0 Å². The summed E-state index contributed by atoms with van der Waals surface area (Å²) < 4.78 is 6.07. The Balaban J connectivity index is 1.63. The first-order chi connectivity index (χ1) is 11.9. The van der Waals surface area contributed by atoms with E-state index in [1.54, 1.807) is 0 Å². The van der Waals surface area contributed by atoms with E-state index in [-0.39, 0.29) is 23.0 Å². The lowest BCUT2D eigenvalue weighted by atomic mass is 9.88. The smallest absolute Gasteiger partial charge is 0.231 e. The van der Waals surface area contributed by atoms with E-state index in [9.17, 15) is 4.79 Å². The van der Waals surface area contributed by atoms with Gasteiger partial charge in [0, 0.05) is 17.7 Å². The number of benzene rings is 2. The molecule has 1 atom stereocenters. The van der Waals surface area contributed by atoms with E-state index in [0.717, 1.165) is 36.1 Å². The monoisotopic (exact) mass is 336 g/mol. The van der Waals surface area contributed by atoms with E-state index >= 15 is 0 Å². The van der Waals surface area contributed by atoms with Crippen LogP contribution in [0, 0.1) is 0 Å². The van der Waals surface area contributed by atoms with Crippen LogP contribution >= 0.6 is 0 Å². The topological polar surface area (TPSA) is 64.4 Å². The Morgan fingerprint density at radius 2 is 1.88 bits per heavy atom. The molecule has 2 aromatic rings. The SMILES string of the molecule is CC1(C)CC(NC(=O)C2(c3ccccc3)CC2)c2cc(N)ccc2O1. The first-order valence-corrected chi connectivity index (χ1v) is 8.85. The fourth-order valence-electron chi connectivity index (χ4n) is 3.83. The number of amides is 1. The van der Waals surface area contributed by atoms with Gasteiger partial charge in [0.1, 0.15) is 11.4 Å². The largest absolute Gasteiger partial charge is 0.487 e. The zero-order valence-electron chi connectivity index (χ0n) is 14.7. The Kier molecular flexibility index (Phi) is 3.53. The van der Waals surface area contributed by atoms with Gasteiger partial charge in [0.15, 0.2) is 0 Å². The van der Waals surface area contributed by atoms with Crippen molar-refractivity contribution in [2.45, 2.75) is 50.2 Å². The van der Waals surface area contributed by atoms with Gasteiger partial charge < -0.3 is 15.8 Å². The molecule has 25 heavy (non-hydrogen) atoms. The Morgan fingerprint density at radius 1 is 1.16 bits per heavy atom. The molecule has 130 valence electrons. The maximum absolute atomic E-state index is 13.1. The highest BCUT2D eigenvalue weighted by atomic mass is 16.5. The predicted octanol–water partition coefficient (Wildman–Crippen LogP) is 3.72. The van der Waals surface area contributed by atoms with Gasteiger partial charge >= 0.3 is 0 Å². The Labute approximate surface area is 148 Å². The van der Waals surface area contributed by atoms with Crippen molar-refractivity contribution in [1.82, 2.24) is 5.32 Å². The van der Waals surface area contributed by atoms with Crippen LogP contribution in [0.2, 0.25) is 0 Å². The molecule has 2 aliphatic rings. The van der Waals surface area contributed by atoms with Crippen molar-refractivity contribution >= 4 is 11.6 Å². The number of anilines is 1. The molecule has 1 unspecified atom stereocenters. The molecule has 0 saturated heterocycles. The van der Waals surface area contributed by atoms with Crippen LogP contribution in [0.3, 0.4) is 0 Å². The van der Waals surface area contributed by atoms with Gasteiger partial charge in [0.05, 0.1) is 11.5 Å². The zero-order chi connectivity index (χ0) is 17.7. The molecule has 3 N–H and O–H groups in total. The molecule has 1 aliphatic heterocycles. The molecular weight excluding hydrogens is 312 g/mol. The highest BCUT2D eigenvalue weighted by molar-refractivity contribution is 5.91. The molecule has 0 spiro atoms. The molecule has 0 aromatic heterocycles. The van der Waals surface area contributed by atoms with Crippen molar-refractivity contribution < 1.29 is 9.53 Å². The maximum Gasteiger partial charge on any atom is 0.231 e. The molecular formula is C21H24N2O2. The van der Waals surface area contributed by atoms with E-state index in [1.807, 2.05) is 48.5 Å². The molecule has 1 aliphatic carbocycles. The first kappa shape index (κ1) is 16.0. The Morgan fingerprint density at radius 3 is 2.56 bits per heavy atom. The van der Waals surface area contributed by atoms with E-state index < -0.39 is 0 Å². The number of nitrogens with two attached hydrogens (primary N) is 1. The summed E-state index contributed by atoms with van der Waals surface area (Å²) in [5.41, 5.74) is 8.02. The number of carbonyl (C=O) groups excluding carboxylic acids is 1. The third-order valence-electron chi connectivity index (χ3n) is 5.31. The molecule has 1 amide bonds. The van der Waals surface area contributed by atoms with Gasteiger partial charge in [-0.2, -0.15) is 0 Å². The van der Waals surface area contributed by atoms with Crippen molar-refractivity contribution in [3.8, 4) is 5.75 Å². The number of fused-ring (bicyclic) bond motifs is 1. The van der Waals surface area contributed by atoms with Crippen molar-refractivity contribution in [1.29, 1.82) is 0 Å². The van der Waals surface area contributed by atoms with Crippen LogP contribution in [0.4, 0.5) is 5.69 Å². The van der Waals surface area contributed by atoms with Crippen LogP contribution in [0.1, 0.15) is 50.3 Å². The minimum absolute atomic E-state index is 0.0871. The van der Waals surface area contributed by atoms with Gasteiger partial charge in [-0.3, -0.25) is 4.79 Å². The fourth-order valence-corrected chi connectivity index (χ4v) is 3.83. The summed E-state index contributed by atoms with van der Waals surface area (Å²) in [4.78, 5) is 13.1. The number of nitrogen functional groups attached to an aromatic ring is 1. The molecule has 2 aromatic carbocycles. The van der Waals surface area contributed by atoms with Crippen LogP contribution in [-0.4, -0.2) is 11.5 Å². The van der Waals surface area contributed by atoms with E-state index in [4.69, 9.17) is 10.5 Å². The number of carbonyl (C=O) groups is 1. The average molecular weight is 336 g/mol. The van der Waals surface area contributed by atoms with Gasteiger partial charge in [0.2, 0.25) is 5.91 Å². The summed E-state index contributed by atoms with van der Waals surface area (Å²) >= 11 is 0. The predicted molar refractivity (Wildman–Crippen MR) is 98.4 cm³/mol. The average Bonchev–Trinajstić information content (AvgIpc) is 3.37. The third-order valence-corrected chi connectivity index (χ3v) is 5.31. The number of nitrogens with one attached hydrogen (secondary N) is 1. The lowest BCUT2D eigenvalue weighted by Gasteiger charge is -2.38. The molecule has 4 nitrogen and oxygen atoms in total. The standard InChI is InChI=1S/C21H24N2O2/c1-20(2)13-17(16-12-15(22)8-9-18(16)25-20)23-19(24)21(10-11-21)14-6-4-3-5-7-14/h3-9,12,17H,10-11,13,22H2,1-2H3,(H,23,24). The van der Waals surface area contributed by atoms with Crippen molar-refractivity contribution in [3.05, 3.63) is 59.7 Å². The zero-order valence-corrected chi connectivity index (χ0v) is 14.7. The van der Waals surface area contributed by atoms with Crippen molar-refractivity contribution in [2.75, 3.05) is 5.73 Å². The number of ether oxygens (including phenoxy) is 1. The molecule has 1 saturated carbocycles. The molecule has 1 fully saturated rings. The van der Waals surface area contributed by atoms with Gasteiger partial charge in [-0.05, 0) is 50.5 Å². The fraction of sp³-hybridized carbons (Fsp3) is 0.381. The van der Waals surface area contributed by atoms with Gasteiger partial charge in [-0.15, -0.1) is 0 Å². The Hall–Kier alpha value is -2.49. The normalized spacial score (nSPS) is 22.4. The van der Waals surface area contributed by atoms with Crippen LogP contribution < -0.4 is 15.8 Å². The van der Waals surface area contributed by atoms with Gasteiger partial charge in [-0.25, -0.2) is 0 Å².